The lowest BCUT2D eigenvalue weighted by molar-refractivity contribution is 0.0703. The fourth-order valence-corrected chi connectivity index (χ4v) is 2.34. The number of carbonyl (C=O) groups is 1. The van der Waals surface area contributed by atoms with E-state index in [1.165, 1.54) is 0 Å². The van der Waals surface area contributed by atoms with Crippen LogP contribution in [0.2, 0.25) is 0 Å². The molecule has 2 heterocycles. The Morgan fingerprint density at radius 3 is 2.80 bits per heavy atom. The molecule has 0 aliphatic heterocycles. The summed E-state index contributed by atoms with van der Waals surface area (Å²) in [5, 5.41) is 8.85. The smallest absolute Gasteiger partial charge is 0.348 e. The van der Waals surface area contributed by atoms with Gasteiger partial charge < -0.3 is 15.3 Å². The molecule has 4 nitrogen and oxygen atoms in total. The second-order valence-electron chi connectivity index (χ2n) is 3.09. The fraction of sp³-hybridized carbons (Fsp3) is 0.100. The van der Waals surface area contributed by atoms with Crippen LogP contribution >= 0.6 is 11.3 Å². The maximum atomic E-state index is 10.8. The third-order valence-electron chi connectivity index (χ3n) is 2.08. The van der Waals surface area contributed by atoms with Gasteiger partial charge in [0, 0.05) is 10.4 Å². The quantitative estimate of drug-likeness (QED) is 0.820. The number of carboxylic acid groups (broad SMARTS) is 1. The van der Waals surface area contributed by atoms with Gasteiger partial charge in [0.1, 0.15) is 10.6 Å². The van der Waals surface area contributed by atoms with E-state index >= 15 is 0 Å². The van der Waals surface area contributed by atoms with Crippen molar-refractivity contribution in [2.75, 3.05) is 5.73 Å². The van der Waals surface area contributed by atoms with E-state index in [-0.39, 0.29) is 4.88 Å². The fourth-order valence-electron chi connectivity index (χ4n) is 1.35. The molecule has 0 aliphatic rings. The largest absolute Gasteiger partial charge is 0.477 e. The number of carboxylic acids is 1. The molecule has 2 rings (SSSR count). The number of furan rings is 1. The van der Waals surface area contributed by atoms with Gasteiger partial charge in [-0.15, -0.1) is 11.3 Å². The van der Waals surface area contributed by atoms with Gasteiger partial charge in [0.05, 0.1) is 12.0 Å². The van der Waals surface area contributed by atoms with Crippen LogP contribution in [0.1, 0.15) is 15.4 Å². The van der Waals surface area contributed by atoms with E-state index < -0.39 is 5.97 Å². The molecular formula is C10H9NO3S. The molecule has 0 amide bonds. The van der Waals surface area contributed by atoms with Gasteiger partial charge in [-0.25, -0.2) is 4.79 Å². The maximum Gasteiger partial charge on any atom is 0.348 e. The minimum Gasteiger partial charge on any atom is -0.477 e. The summed E-state index contributed by atoms with van der Waals surface area (Å²) >= 11 is 1.15. The van der Waals surface area contributed by atoms with Crippen molar-refractivity contribution in [3.05, 3.63) is 29.0 Å². The standard InChI is InChI=1S/C10H9NO3S/c1-5-6(2-3-14-5)8-4-7(11)9(15-8)10(12)13/h2-4H,11H2,1H3,(H,12,13). The van der Waals surface area contributed by atoms with Crippen molar-refractivity contribution in [2.45, 2.75) is 6.92 Å². The molecule has 3 N–H and O–H groups in total. The van der Waals surface area contributed by atoms with Crippen LogP contribution in [0, 0.1) is 6.92 Å². The van der Waals surface area contributed by atoms with Gasteiger partial charge in [0.15, 0.2) is 0 Å². The number of hydrogen-bond acceptors (Lipinski definition) is 4. The number of thiophene rings is 1. The summed E-state index contributed by atoms with van der Waals surface area (Å²) in [4.78, 5) is 11.8. The highest BCUT2D eigenvalue weighted by molar-refractivity contribution is 7.17. The molecule has 0 unspecified atom stereocenters. The summed E-state index contributed by atoms with van der Waals surface area (Å²) in [6, 6.07) is 3.46. The zero-order valence-electron chi connectivity index (χ0n) is 7.98. The first-order valence-corrected chi connectivity index (χ1v) is 5.08. The Balaban J connectivity index is 2.52. The molecule has 0 fully saturated rings. The van der Waals surface area contributed by atoms with E-state index in [1.807, 2.05) is 6.92 Å². The molecule has 2 aromatic heterocycles. The Labute approximate surface area is 89.9 Å². The molecule has 0 radical (unpaired) electrons. The highest BCUT2D eigenvalue weighted by atomic mass is 32.1. The van der Waals surface area contributed by atoms with E-state index in [4.69, 9.17) is 15.3 Å². The van der Waals surface area contributed by atoms with Crippen molar-refractivity contribution in [3.63, 3.8) is 0 Å². The minimum absolute atomic E-state index is 0.172. The summed E-state index contributed by atoms with van der Waals surface area (Å²) in [7, 11) is 0. The average molecular weight is 223 g/mol. The Bertz CT molecular complexity index is 512. The molecule has 0 bridgehead atoms. The number of nitrogens with two attached hydrogens (primary N) is 1. The molecule has 78 valence electrons. The third kappa shape index (κ3) is 1.61. The van der Waals surface area contributed by atoms with Gasteiger partial charge in [0.2, 0.25) is 0 Å². The minimum atomic E-state index is -0.995. The van der Waals surface area contributed by atoms with E-state index in [2.05, 4.69) is 0 Å². The van der Waals surface area contributed by atoms with E-state index in [9.17, 15) is 4.79 Å². The summed E-state index contributed by atoms with van der Waals surface area (Å²) in [6.07, 6.45) is 1.57. The number of rotatable bonds is 2. The van der Waals surface area contributed by atoms with Crippen LogP contribution in [0.25, 0.3) is 10.4 Å². The number of aromatic carboxylic acids is 1. The van der Waals surface area contributed by atoms with Crippen molar-refractivity contribution in [2.24, 2.45) is 0 Å². The third-order valence-corrected chi connectivity index (χ3v) is 3.25. The molecule has 0 aliphatic carbocycles. The highest BCUT2D eigenvalue weighted by Gasteiger charge is 2.15. The number of hydrogen-bond donors (Lipinski definition) is 2. The van der Waals surface area contributed by atoms with E-state index in [1.54, 1.807) is 18.4 Å². The summed E-state index contributed by atoms with van der Waals surface area (Å²) in [5.74, 6) is -0.238. The molecule has 0 saturated carbocycles. The molecule has 0 spiro atoms. The lowest BCUT2D eigenvalue weighted by atomic mass is 10.2. The van der Waals surface area contributed by atoms with Crippen LogP contribution < -0.4 is 5.73 Å². The Morgan fingerprint density at radius 1 is 1.60 bits per heavy atom. The van der Waals surface area contributed by atoms with Gasteiger partial charge in [0.25, 0.3) is 0 Å². The first kappa shape index (κ1) is 9.79. The van der Waals surface area contributed by atoms with Gasteiger partial charge in [-0.2, -0.15) is 0 Å². The van der Waals surface area contributed by atoms with Gasteiger partial charge >= 0.3 is 5.97 Å². The second-order valence-corrected chi connectivity index (χ2v) is 4.14. The molecular weight excluding hydrogens is 214 g/mol. The van der Waals surface area contributed by atoms with Crippen LogP contribution in [-0.4, -0.2) is 11.1 Å². The van der Waals surface area contributed by atoms with Crippen molar-refractivity contribution >= 4 is 23.0 Å². The topological polar surface area (TPSA) is 76.5 Å². The predicted octanol–water partition coefficient (Wildman–Crippen LogP) is 2.60. The lowest BCUT2D eigenvalue weighted by Crippen LogP contribution is -1.96. The number of nitrogen functional groups attached to an aromatic ring is 1. The van der Waals surface area contributed by atoms with Crippen molar-refractivity contribution in [1.82, 2.24) is 0 Å². The van der Waals surface area contributed by atoms with Gasteiger partial charge in [-0.3, -0.25) is 0 Å². The normalized spacial score (nSPS) is 10.5. The van der Waals surface area contributed by atoms with Crippen molar-refractivity contribution in [1.29, 1.82) is 0 Å². The molecule has 5 heteroatoms. The SMILES string of the molecule is Cc1occc1-c1cc(N)c(C(=O)O)s1. The Morgan fingerprint density at radius 2 is 2.33 bits per heavy atom. The van der Waals surface area contributed by atoms with Crippen LogP contribution in [0.15, 0.2) is 22.8 Å². The summed E-state index contributed by atoms with van der Waals surface area (Å²) in [6.45, 7) is 1.83. The highest BCUT2D eigenvalue weighted by Crippen LogP contribution is 2.35. The summed E-state index contributed by atoms with van der Waals surface area (Å²) < 4.78 is 5.15. The first-order chi connectivity index (χ1) is 7.09. The average Bonchev–Trinajstić information content (AvgIpc) is 2.71. The van der Waals surface area contributed by atoms with Gasteiger partial charge in [-0.05, 0) is 19.1 Å². The second kappa shape index (κ2) is 3.43. The number of anilines is 1. The first-order valence-electron chi connectivity index (χ1n) is 4.26. The van der Waals surface area contributed by atoms with Crippen LogP contribution in [-0.2, 0) is 0 Å². The molecule has 0 aromatic carbocycles. The Kier molecular flexibility index (Phi) is 2.24. The zero-order chi connectivity index (χ0) is 11.0. The van der Waals surface area contributed by atoms with Gasteiger partial charge in [-0.1, -0.05) is 0 Å². The summed E-state index contributed by atoms with van der Waals surface area (Å²) in [5.41, 5.74) is 6.78. The molecule has 0 atom stereocenters. The molecule has 15 heavy (non-hydrogen) atoms. The van der Waals surface area contributed by atoms with Crippen LogP contribution in [0.3, 0.4) is 0 Å². The van der Waals surface area contributed by atoms with E-state index in [0.717, 1.165) is 27.5 Å². The lowest BCUT2D eigenvalue weighted by Gasteiger charge is -1.91. The van der Waals surface area contributed by atoms with Crippen molar-refractivity contribution < 1.29 is 14.3 Å². The monoisotopic (exact) mass is 223 g/mol. The molecule has 0 saturated heterocycles. The van der Waals surface area contributed by atoms with E-state index in [0.29, 0.717) is 5.69 Å². The Hall–Kier alpha value is -1.75. The van der Waals surface area contributed by atoms with Crippen LogP contribution in [0.4, 0.5) is 5.69 Å². The zero-order valence-corrected chi connectivity index (χ0v) is 8.80. The number of aryl methyl sites for hydroxylation is 1. The van der Waals surface area contributed by atoms with Crippen molar-refractivity contribution in [3.8, 4) is 10.4 Å². The maximum absolute atomic E-state index is 10.8. The molecule has 2 aromatic rings. The predicted molar refractivity (Wildman–Crippen MR) is 58.1 cm³/mol. The van der Waals surface area contributed by atoms with Crippen LogP contribution in [0.5, 0.6) is 0 Å².